The van der Waals surface area contributed by atoms with Crippen molar-refractivity contribution in [3.05, 3.63) is 0 Å². The topological polar surface area (TPSA) is 40.5 Å². The summed E-state index contributed by atoms with van der Waals surface area (Å²) in [5.41, 5.74) is 0. The maximum atomic E-state index is 11.4. The van der Waals surface area contributed by atoms with Gasteiger partial charge in [0.25, 0.3) is 0 Å². The maximum absolute atomic E-state index is 11.4. The number of hydrogen-bond donors (Lipinski definition) is 1. The highest BCUT2D eigenvalue weighted by Crippen LogP contribution is 2.52. The molecule has 98 valence electrons. The number of nitrogens with zero attached hydrogens (tertiary/aromatic N) is 1. The number of carboxylic acids is 1. The van der Waals surface area contributed by atoms with Crippen LogP contribution in [0.15, 0.2) is 0 Å². The summed E-state index contributed by atoms with van der Waals surface area (Å²) in [5, 5.41) is 9.41. The van der Waals surface area contributed by atoms with Gasteiger partial charge in [-0.25, -0.2) is 0 Å². The minimum Gasteiger partial charge on any atom is -0.481 e. The first-order valence-corrected chi connectivity index (χ1v) is 6.88. The van der Waals surface area contributed by atoms with E-state index in [1.165, 1.54) is 0 Å². The van der Waals surface area contributed by atoms with Crippen molar-refractivity contribution in [2.45, 2.75) is 27.2 Å². The van der Waals surface area contributed by atoms with Crippen molar-refractivity contribution in [3.8, 4) is 0 Å². The van der Waals surface area contributed by atoms with Gasteiger partial charge < -0.3 is 10.0 Å². The van der Waals surface area contributed by atoms with Crippen LogP contribution in [0.2, 0.25) is 0 Å². The van der Waals surface area contributed by atoms with Crippen LogP contribution in [0.4, 0.5) is 0 Å². The van der Waals surface area contributed by atoms with Gasteiger partial charge in [-0.2, -0.15) is 0 Å². The molecule has 3 nitrogen and oxygen atoms in total. The molecule has 0 amide bonds. The van der Waals surface area contributed by atoms with E-state index in [0.717, 1.165) is 19.5 Å². The van der Waals surface area contributed by atoms with Crippen molar-refractivity contribution in [2.24, 2.45) is 35.5 Å². The molecule has 0 aromatic heterocycles. The van der Waals surface area contributed by atoms with Crippen molar-refractivity contribution >= 4 is 5.97 Å². The Morgan fingerprint density at radius 1 is 1.29 bits per heavy atom. The van der Waals surface area contributed by atoms with E-state index in [2.05, 4.69) is 25.8 Å². The number of aliphatic carboxylic acids is 1. The molecule has 1 saturated heterocycles. The molecule has 5 atom stereocenters. The molecule has 3 heteroatoms. The Labute approximate surface area is 104 Å². The van der Waals surface area contributed by atoms with Crippen molar-refractivity contribution in [2.75, 3.05) is 20.1 Å². The number of piperidine rings is 1. The zero-order valence-electron chi connectivity index (χ0n) is 11.4. The van der Waals surface area contributed by atoms with Crippen LogP contribution in [-0.4, -0.2) is 36.1 Å². The lowest BCUT2D eigenvalue weighted by molar-refractivity contribution is -0.146. The summed E-state index contributed by atoms with van der Waals surface area (Å²) in [6, 6.07) is 0. The van der Waals surface area contributed by atoms with Gasteiger partial charge in [0.1, 0.15) is 0 Å². The quantitative estimate of drug-likeness (QED) is 0.820. The molecule has 0 aromatic carbocycles. The van der Waals surface area contributed by atoms with Crippen LogP contribution in [0.3, 0.4) is 0 Å². The number of carbonyl (C=O) groups is 1. The third kappa shape index (κ3) is 1.99. The predicted molar refractivity (Wildman–Crippen MR) is 67.7 cm³/mol. The van der Waals surface area contributed by atoms with Gasteiger partial charge in [0, 0.05) is 13.1 Å². The Balaban J connectivity index is 2.26. The second kappa shape index (κ2) is 4.60. The third-order valence-corrected chi connectivity index (χ3v) is 5.44. The molecule has 1 aliphatic carbocycles. The molecule has 17 heavy (non-hydrogen) atoms. The van der Waals surface area contributed by atoms with Gasteiger partial charge in [0.2, 0.25) is 0 Å². The lowest BCUT2D eigenvalue weighted by atomic mass is 9.73. The molecule has 0 spiro atoms. The first-order valence-electron chi connectivity index (χ1n) is 6.88. The van der Waals surface area contributed by atoms with Gasteiger partial charge >= 0.3 is 5.97 Å². The number of hydrogen-bond acceptors (Lipinski definition) is 2. The molecule has 2 aliphatic rings. The minimum atomic E-state index is -0.585. The van der Waals surface area contributed by atoms with Crippen LogP contribution < -0.4 is 0 Å². The van der Waals surface area contributed by atoms with Crippen molar-refractivity contribution < 1.29 is 9.90 Å². The Morgan fingerprint density at radius 3 is 2.12 bits per heavy atom. The highest BCUT2D eigenvalue weighted by molar-refractivity contribution is 5.70. The van der Waals surface area contributed by atoms with Gasteiger partial charge in [0.05, 0.1) is 5.92 Å². The lowest BCUT2D eigenvalue weighted by Crippen LogP contribution is -2.45. The summed E-state index contributed by atoms with van der Waals surface area (Å²) >= 11 is 0. The van der Waals surface area contributed by atoms with E-state index >= 15 is 0 Å². The summed E-state index contributed by atoms with van der Waals surface area (Å²) in [6.45, 7) is 8.81. The van der Waals surface area contributed by atoms with Crippen LogP contribution in [0.25, 0.3) is 0 Å². The van der Waals surface area contributed by atoms with Crippen LogP contribution >= 0.6 is 0 Å². The van der Waals surface area contributed by atoms with E-state index in [0.29, 0.717) is 29.6 Å². The zero-order valence-corrected chi connectivity index (χ0v) is 11.4. The fourth-order valence-corrected chi connectivity index (χ4v) is 4.38. The normalized spacial score (nSPS) is 43.6. The SMILES string of the molecule is CCC(C(=O)O)C1C2CN(C)CC1[C@H](C)[C@H]2C. The summed E-state index contributed by atoms with van der Waals surface area (Å²) in [6.07, 6.45) is 0.774. The highest BCUT2D eigenvalue weighted by atomic mass is 16.4. The lowest BCUT2D eigenvalue weighted by Gasteiger charge is -2.39. The summed E-state index contributed by atoms with van der Waals surface area (Å²) < 4.78 is 0. The van der Waals surface area contributed by atoms with Gasteiger partial charge in [-0.1, -0.05) is 20.8 Å². The molecular weight excluding hydrogens is 214 g/mol. The summed E-state index contributed by atoms with van der Waals surface area (Å²) in [4.78, 5) is 13.8. The average molecular weight is 239 g/mol. The average Bonchev–Trinajstić information content (AvgIpc) is 2.42. The van der Waals surface area contributed by atoms with E-state index < -0.39 is 5.97 Å². The first kappa shape index (κ1) is 12.9. The van der Waals surface area contributed by atoms with E-state index in [1.807, 2.05) is 6.92 Å². The molecule has 1 N–H and O–H groups in total. The fourth-order valence-electron chi connectivity index (χ4n) is 4.38. The van der Waals surface area contributed by atoms with Gasteiger partial charge in [-0.05, 0) is 43.1 Å². The number of rotatable bonds is 3. The van der Waals surface area contributed by atoms with E-state index in [1.54, 1.807) is 0 Å². The number of fused-ring (bicyclic) bond motifs is 2. The second-order valence-electron chi connectivity index (χ2n) is 6.20. The van der Waals surface area contributed by atoms with Gasteiger partial charge in [-0.15, -0.1) is 0 Å². The Hall–Kier alpha value is -0.570. The predicted octanol–water partition coefficient (Wildman–Crippen LogP) is 2.18. The molecule has 2 bridgehead atoms. The molecular formula is C14H25NO2. The van der Waals surface area contributed by atoms with E-state index in [4.69, 9.17) is 0 Å². The molecule has 2 rings (SSSR count). The van der Waals surface area contributed by atoms with Crippen LogP contribution in [-0.2, 0) is 4.79 Å². The number of likely N-dealkylation sites (tertiary alicyclic amines) is 1. The molecule has 1 saturated carbocycles. The van der Waals surface area contributed by atoms with Crippen molar-refractivity contribution in [1.29, 1.82) is 0 Å². The molecule has 1 heterocycles. The smallest absolute Gasteiger partial charge is 0.306 e. The van der Waals surface area contributed by atoms with Crippen molar-refractivity contribution in [3.63, 3.8) is 0 Å². The molecule has 0 aromatic rings. The third-order valence-electron chi connectivity index (χ3n) is 5.44. The van der Waals surface area contributed by atoms with Crippen LogP contribution in [0.1, 0.15) is 27.2 Å². The minimum absolute atomic E-state index is 0.133. The largest absolute Gasteiger partial charge is 0.481 e. The van der Waals surface area contributed by atoms with E-state index in [9.17, 15) is 9.90 Å². The maximum Gasteiger partial charge on any atom is 0.306 e. The molecule has 2 fully saturated rings. The van der Waals surface area contributed by atoms with E-state index in [-0.39, 0.29) is 5.92 Å². The second-order valence-corrected chi connectivity index (χ2v) is 6.20. The van der Waals surface area contributed by atoms with Crippen LogP contribution in [0.5, 0.6) is 0 Å². The zero-order chi connectivity index (χ0) is 12.7. The summed E-state index contributed by atoms with van der Waals surface area (Å²) in [7, 11) is 2.17. The Bertz CT molecular complexity index is 287. The van der Waals surface area contributed by atoms with Crippen LogP contribution in [0, 0.1) is 35.5 Å². The Morgan fingerprint density at radius 2 is 1.76 bits per heavy atom. The van der Waals surface area contributed by atoms with Gasteiger partial charge in [0.15, 0.2) is 0 Å². The number of carboxylic acid groups (broad SMARTS) is 1. The molecule has 3 unspecified atom stereocenters. The molecule has 1 aliphatic heterocycles. The standard InChI is InChI=1S/C14H25NO2/c1-5-10(14(16)17)13-11-6-15(4)7-12(13)9(3)8(11)2/h8-13H,5-7H2,1-4H3,(H,16,17)/t8-,9-,10?,11?,12?,13?/m1/s1. The Kier molecular flexibility index (Phi) is 3.48. The fraction of sp³-hybridized carbons (Fsp3) is 0.929. The summed E-state index contributed by atoms with van der Waals surface area (Å²) in [5.74, 6) is 2.18. The van der Waals surface area contributed by atoms with Gasteiger partial charge in [-0.3, -0.25) is 4.79 Å². The first-order chi connectivity index (χ1) is 7.97. The van der Waals surface area contributed by atoms with Crippen molar-refractivity contribution in [1.82, 2.24) is 4.90 Å². The highest BCUT2D eigenvalue weighted by Gasteiger charge is 2.53. The monoisotopic (exact) mass is 239 g/mol. The molecule has 0 radical (unpaired) electrons.